The van der Waals surface area contributed by atoms with Gasteiger partial charge in [-0.2, -0.15) is 0 Å². The number of benzene rings is 2. The van der Waals surface area contributed by atoms with Gasteiger partial charge < -0.3 is 14.6 Å². The highest BCUT2D eigenvalue weighted by Crippen LogP contribution is 2.20. The highest BCUT2D eigenvalue weighted by molar-refractivity contribution is 6.06. The quantitative estimate of drug-likeness (QED) is 0.756. The van der Waals surface area contributed by atoms with Gasteiger partial charge in [0.05, 0.1) is 12.7 Å². The van der Waals surface area contributed by atoms with Crippen LogP contribution >= 0.6 is 0 Å². The molecular formula is C18H16N2O3. The lowest BCUT2D eigenvalue weighted by Crippen LogP contribution is -2.15. The molecule has 1 amide bonds. The Labute approximate surface area is 133 Å². The summed E-state index contributed by atoms with van der Waals surface area (Å²) in [6.07, 6.45) is 0. The Balaban J connectivity index is 1.89. The van der Waals surface area contributed by atoms with Crippen molar-refractivity contribution in [3.05, 3.63) is 65.9 Å². The smallest absolute Gasteiger partial charge is 0.337 e. The first kappa shape index (κ1) is 14.8. The lowest BCUT2D eigenvalue weighted by atomic mass is 10.2. The molecule has 1 heterocycles. The van der Waals surface area contributed by atoms with Gasteiger partial charge in [0.1, 0.15) is 5.69 Å². The van der Waals surface area contributed by atoms with Crippen LogP contribution in [0.15, 0.2) is 54.6 Å². The molecule has 1 aromatic heterocycles. The Morgan fingerprint density at radius 1 is 1.04 bits per heavy atom. The Morgan fingerprint density at radius 3 is 2.57 bits per heavy atom. The molecule has 0 saturated heterocycles. The van der Waals surface area contributed by atoms with Crippen molar-refractivity contribution >= 4 is 28.5 Å². The van der Waals surface area contributed by atoms with Crippen LogP contribution in [0.2, 0.25) is 0 Å². The molecule has 5 nitrogen and oxygen atoms in total. The van der Waals surface area contributed by atoms with Gasteiger partial charge in [0.2, 0.25) is 0 Å². The van der Waals surface area contributed by atoms with Crippen LogP contribution in [0.5, 0.6) is 0 Å². The second-order valence-corrected chi connectivity index (χ2v) is 5.17. The molecule has 0 aliphatic carbocycles. The summed E-state index contributed by atoms with van der Waals surface area (Å²) in [5.41, 5.74) is 2.47. The zero-order valence-electron chi connectivity index (χ0n) is 12.9. The molecular weight excluding hydrogens is 292 g/mol. The van der Waals surface area contributed by atoms with Crippen LogP contribution in [0.25, 0.3) is 10.9 Å². The van der Waals surface area contributed by atoms with E-state index in [4.69, 9.17) is 0 Å². The molecule has 23 heavy (non-hydrogen) atoms. The van der Waals surface area contributed by atoms with Crippen molar-refractivity contribution in [2.24, 2.45) is 7.05 Å². The van der Waals surface area contributed by atoms with Gasteiger partial charge in [-0.3, -0.25) is 4.79 Å². The predicted molar refractivity (Wildman–Crippen MR) is 88.7 cm³/mol. The van der Waals surface area contributed by atoms with Gasteiger partial charge in [0.25, 0.3) is 5.91 Å². The van der Waals surface area contributed by atoms with E-state index in [0.717, 1.165) is 10.9 Å². The van der Waals surface area contributed by atoms with Gasteiger partial charge in [0.15, 0.2) is 0 Å². The van der Waals surface area contributed by atoms with Crippen LogP contribution in [0.3, 0.4) is 0 Å². The van der Waals surface area contributed by atoms with E-state index in [1.165, 1.54) is 7.11 Å². The summed E-state index contributed by atoms with van der Waals surface area (Å²) in [5.74, 6) is -0.670. The number of aryl methyl sites for hydroxylation is 1. The molecule has 0 aliphatic rings. The normalized spacial score (nSPS) is 10.5. The highest BCUT2D eigenvalue weighted by atomic mass is 16.5. The number of carbonyl (C=O) groups is 2. The number of methoxy groups -OCH3 is 1. The second kappa shape index (κ2) is 5.96. The molecule has 3 rings (SSSR count). The van der Waals surface area contributed by atoms with Gasteiger partial charge in [0, 0.05) is 23.6 Å². The van der Waals surface area contributed by atoms with E-state index in [0.29, 0.717) is 16.9 Å². The third-order valence-corrected chi connectivity index (χ3v) is 3.73. The lowest BCUT2D eigenvalue weighted by molar-refractivity contribution is 0.0600. The van der Waals surface area contributed by atoms with Gasteiger partial charge in [-0.15, -0.1) is 0 Å². The van der Waals surface area contributed by atoms with E-state index in [1.807, 2.05) is 41.9 Å². The van der Waals surface area contributed by atoms with E-state index in [9.17, 15) is 9.59 Å². The van der Waals surface area contributed by atoms with Crippen molar-refractivity contribution in [2.75, 3.05) is 12.4 Å². The van der Waals surface area contributed by atoms with Gasteiger partial charge in [-0.1, -0.05) is 24.3 Å². The second-order valence-electron chi connectivity index (χ2n) is 5.17. The maximum Gasteiger partial charge on any atom is 0.337 e. The van der Waals surface area contributed by atoms with Crippen molar-refractivity contribution in [1.29, 1.82) is 0 Å². The minimum absolute atomic E-state index is 0.231. The summed E-state index contributed by atoms with van der Waals surface area (Å²) in [5, 5.41) is 3.82. The number of hydrogen-bond donors (Lipinski definition) is 1. The minimum Gasteiger partial charge on any atom is -0.465 e. The van der Waals surface area contributed by atoms with Crippen LogP contribution in [0.1, 0.15) is 20.8 Å². The molecule has 0 aliphatic heterocycles. The van der Waals surface area contributed by atoms with Crippen LogP contribution in [0, 0.1) is 0 Å². The number of ether oxygens (including phenoxy) is 1. The average molecular weight is 308 g/mol. The molecule has 116 valence electrons. The molecule has 0 spiro atoms. The number of aromatic nitrogens is 1. The minimum atomic E-state index is -0.439. The molecule has 0 saturated carbocycles. The largest absolute Gasteiger partial charge is 0.465 e. The number of fused-ring (bicyclic) bond motifs is 1. The molecule has 0 atom stereocenters. The average Bonchev–Trinajstić information content (AvgIpc) is 2.92. The number of hydrogen-bond acceptors (Lipinski definition) is 3. The third-order valence-electron chi connectivity index (χ3n) is 3.73. The van der Waals surface area contributed by atoms with E-state index < -0.39 is 5.97 Å². The summed E-state index contributed by atoms with van der Waals surface area (Å²) in [6.45, 7) is 0. The maximum atomic E-state index is 12.5. The molecule has 0 unspecified atom stereocenters. The van der Waals surface area contributed by atoms with Crippen molar-refractivity contribution in [3.8, 4) is 0 Å². The molecule has 1 N–H and O–H groups in total. The number of anilines is 1. The summed E-state index contributed by atoms with van der Waals surface area (Å²) in [7, 11) is 3.17. The fourth-order valence-corrected chi connectivity index (χ4v) is 2.54. The Kier molecular flexibility index (Phi) is 3.85. The lowest BCUT2D eigenvalue weighted by Gasteiger charge is -2.08. The summed E-state index contributed by atoms with van der Waals surface area (Å²) >= 11 is 0. The maximum absolute atomic E-state index is 12.5. The van der Waals surface area contributed by atoms with Crippen molar-refractivity contribution in [1.82, 2.24) is 4.57 Å². The van der Waals surface area contributed by atoms with Gasteiger partial charge in [-0.25, -0.2) is 4.79 Å². The first-order valence-electron chi connectivity index (χ1n) is 7.14. The standard InChI is InChI=1S/C18H16N2O3/c1-20-15-9-4-3-6-12(15)11-16(20)17(21)19-14-8-5-7-13(10-14)18(22)23-2/h3-11H,1-2H3,(H,19,21). The van der Waals surface area contributed by atoms with E-state index >= 15 is 0 Å². The fourth-order valence-electron chi connectivity index (χ4n) is 2.54. The molecule has 0 bridgehead atoms. The van der Waals surface area contributed by atoms with Crippen LogP contribution < -0.4 is 5.32 Å². The molecule has 3 aromatic rings. The monoisotopic (exact) mass is 308 g/mol. The molecule has 2 aromatic carbocycles. The van der Waals surface area contributed by atoms with E-state index in [-0.39, 0.29) is 5.91 Å². The Bertz CT molecular complexity index is 896. The number of nitrogens with one attached hydrogen (secondary N) is 1. The first-order valence-corrected chi connectivity index (χ1v) is 7.14. The number of esters is 1. The summed E-state index contributed by atoms with van der Waals surface area (Å²) < 4.78 is 6.53. The number of nitrogens with zero attached hydrogens (tertiary/aromatic N) is 1. The first-order chi connectivity index (χ1) is 11.1. The van der Waals surface area contributed by atoms with E-state index in [1.54, 1.807) is 24.3 Å². The fraction of sp³-hybridized carbons (Fsp3) is 0.111. The molecule has 0 radical (unpaired) electrons. The van der Waals surface area contributed by atoms with Crippen molar-refractivity contribution < 1.29 is 14.3 Å². The van der Waals surface area contributed by atoms with E-state index in [2.05, 4.69) is 10.1 Å². The number of para-hydroxylation sites is 1. The number of amides is 1. The van der Waals surface area contributed by atoms with Crippen molar-refractivity contribution in [3.63, 3.8) is 0 Å². The topological polar surface area (TPSA) is 60.3 Å². The Hall–Kier alpha value is -3.08. The zero-order chi connectivity index (χ0) is 16.4. The van der Waals surface area contributed by atoms with Crippen LogP contribution in [-0.2, 0) is 11.8 Å². The summed E-state index contributed by atoms with van der Waals surface area (Å²) in [6, 6.07) is 16.3. The predicted octanol–water partition coefficient (Wildman–Crippen LogP) is 3.22. The Morgan fingerprint density at radius 2 is 1.83 bits per heavy atom. The highest BCUT2D eigenvalue weighted by Gasteiger charge is 2.14. The number of carbonyl (C=O) groups excluding carboxylic acids is 2. The zero-order valence-corrected chi connectivity index (χ0v) is 12.9. The summed E-state index contributed by atoms with van der Waals surface area (Å²) in [4.78, 5) is 24.1. The SMILES string of the molecule is COC(=O)c1cccc(NC(=O)c2cc3ccccc3n2C)c1. The van der Waals surface area contributed by atoms with Gasteiger partial charge >= 0.3 is 5.97 Å². The van der Waals surface area contributed by atoms with Crippen LogP contribution in [-0.4, -0.2) is 23.6 Å². The van der Waals surface area contributed by atoms with Crippen LogP contribution in [0.4, 0.5) is 5.69 Å². The molecule has 0 fully saturated rings. The number of rotatable bonds is 3. The third kappa shape index (κ3) is 2.81. The van der Waals surface area contributed by atoms with Crippen molar-refractivity contribution in [2.45, 2.75) is 0 Å². The van der Waals surface area contributed by atoms with Gasteiger partial charge in [-0.05, 0) is 30.3 Å². The molecule has 5 heteroatoms.